The smallest absolute Gasteiger partial charge is 0.122 e. The van der Waals surface area contributed by atoms with Gasteiger partial charge in [0.05, 0.1) is 7.11 Å². The molecule has 1 unspecified atom stereocenters. The highest BCUT2D eigenvalue weighted by molar-refractivity contribution is 5.34. The fourth-order valence-corrected chi connectivity index (χ4v) is 2.36. The molecular weight excluding hydrogens is 262 g/mol. The summed E-state index contributed by atoms with van der Waals surface area (Å²) in [5, 5.41) is 0. The molecular formula is C17H23N3O. The number of pyridine rings is 1. The standard InChI is InChI=1S/C17H23N3O/c1-3-13-8-9-15(19-12-13)11-16(20-18)10-14-6-4-5-7-17(14)21-2/h4-9,12,16,20H,3,10-11,18H2,1-2H3. The molecule has 0 amide bonds. The van der Waals surface area contributed by atoms with Crippen molar-refractivity contribution in [2.75, 3.05) is 7.11 Å². The van der Waals surface area contributed by atoms with Gasteiger partial charge in [0.1, 0.15) is 5.75 Å². The van der Waals surface area contributed by atoms with E-state index < -0.39 is 0 Å². The lowest BCUT2D eigenvalue weighted by Crippen LogP contribution is -2.38. The highest BCUT2D eigenvalue weighted by Crippen LogP contribution is 2.19. The van der Waals surface area contributed by atoms with E-state index in [4.69, 9.17) is 10.6 Å². The van der Waals surface area contributed by atoms with Crippen molar-refractivity contribution in [1.82, 2.24) is 10.4 Å². The molecule has 112 valence electrons. The van der Waals surface area contributed by atoms with Gasteiger partial charge in [0, 0.05) is 24.4 Å². The summed E-state index contributed by atoms with van der Waals surface area (Å²) in [6.07, 6.45) is 4.54. The lowest BCUT2D eigenvalue weighted by atomic mass is 10.0. The van der Waals surface area contributed by atoms with Crippen LogP contribution >= 0.6 is 0 Å². The largest absolute Gasteiger partial charge is 0.496 e. The maximum atomic E-state index is 5.70. The predicted molar refractivity (Wildman–Crippen MR) is 85.1 cm³/mol. The Morgan fingerprint density at radius 1 is 1.19 bits per heavy atom. The second-order valence-corrected chi connectivity index (χ2v) is 5.10. The van der Waals surface area contributed by atoms with E-state index in [1.807, 2.05) is 24.4 Å². The summed E-state index contributed by atoms with van der Waals surface area (Å²) < 4.78 is 5.39. The third-order valence-corrected chi connectivity index (χ3v) is 3.64. The number of rotatable bonds is 7. The lowest BCUT2D eigenvalue weighted by Gasteiger charge is -2.17. The van der Waals surface area contributed by atoms with Crippen molar-refractivity contribution in [2.24, 2.45) is 5.84 Å². The number of benzene rings is 1. The predicted octanol–water partition coefficient (Wildman–Crippen LogP) is 2.27. The average Bonchev–Trinajstić information content (AvgIpc) is 2.55. The monoisotopic (exact) mass is 285 g/mol. The third-order valence-electron chi connectivity index (χ3n) is 3.64. The van der Waals surface area contributed by atoms with Gasteiger partial charge in [0.25, 0.3) is 0 Å². The van der Waals surface area contributed by atoms with E-state index in [1.165, 1.54) is 5.56 Å². The van der Waals surface area contributed by atoms with Gasteiger partial charge in [0.2, 0.25) is 0 Å². The van der Waals surface area contributed by atoms with Crippen molar-refractivity contribution in [3.8, 4) is 5.75 Å². The van der Waals surface area contributed by atoms with E-state index in [2.05, 4.69) is 35.5 Å². The number of hydrogen-bond acceptors (Lipinski definition) is 4. The van der Waals surface area contributed by atoms with Gasteiger partial charge in [-0.1, -0.05) is 31.2 Å². The number of para-hydroxylation sites is 1. The first-order chi connectivity index (χ1) is 10.3. The van der Waals surface area contributed by atoms with Crippen LogP contribution in [0, 0.1) is 0 Å². The molecule has 0 aliphatic heterocycles. The van der Waals surface area contributed by atoms with E-state index in [-0.39, 0.29) is 6.04 Å². The number of hydrazine groups is 1. The Bertz CT molecular complexity index is 554. The minimum atomic E-state index is 0.126. The molecule has 0 saturated carbocycles. The lowest BCUT2D eigenvalue weighted by molar-refractivity contribution is 0.404. The Morgan fingerprint density at radius 3 is 2.62 bits per heavy atom. The number of nitrogens with one attached hydrogen (secondary N) is 1. The molecule has 2 aromatic rings. The van der Waals surface area contributed by atoms with Crippen LogP contribution in [0.15, 0.2) is 42.6 Å². The van der Waals surface area contributed by atoms with E-state index in [0.29, 0.717) is 0 Å². The van der Waals surface area contributed by atoms with Gasteiger partial charge in [-0.3, -0.25) is 16.3 Å². The van der Waals surface area contributed by atoms with E-state index in [0.717, 1.165) is 36.3 Å². The van der Waals surface area contributed by atoms with Crippen molar-refractivity contribution >= 4 is 0 Å². The van der Waals surface area contributed by atoms with Crippen LogP contribution in [0.25, 0.3) is 0 Å². The quantitative estimate of drug-likeness (QED) is 0.605. The maximum Gasteiger partial charge on any atom is 0.122 e. The summed E-state index contributed by atoms with van der Waals surface area (Å²) in [6.45, 7) is 2.13. The fraction of sp³-hybridized carbons (Fsp3) is 0.353. The van der Waals surface area contributed by atoms with Gasteiger partial charge < -0.3 is 4.74 Å². The van der Waals surface area contributed by atoms with Crippen molar-refractivity contribution in [2.45, 2.75) is 32.2 Å². The summed E-state index contributed by atoms with van der Waals surface area (Å²) in [5.74, 6) is 6.59. The number of nitrogens with zero attached hydrogens (tertiary/aromatic N) is 1. The molecule has 0 saturated heterocycles. The van der Waals surface area contributed by atoms with Crippen LogP contribution in [0.3, 0.4) is 0 Å². The topological polar surface area (TPSA) is 60.2 Å². The summed E-state index contributed by atoms with van der Waals surface area (Å²) in [6, 6.07) is 12.3. The Kier molecular flexibility index (Phi) is 5.72. The van der Waals surface area contributed by atoms with Crippen molar-refractivity contribution < 1.29 is 4.74 Å². The van der Waals surface area contributed by atoms with Crippen LogP contribution in [0.2, 0.25) is 0 Å². The first-order valence-corrected chi connectivity index (χ1v) is 7.28. The molecule has 3 N–H and O–H groups in total. The zero-order chi connectivity index (χ0) is 15.1. The van der Waals surface area contributed by atoms with E-state index >= 15 is 0 Å². The van der Waals surface area contributed by atoms with Crippen LogP contribution in [0.5, 0.6) is 5.75 Å². The molecule has 1 heterocycles. The van der Waals surface area contributed by atoms with Gasteiger partial charge in [-0.05, 0) is 36.1 Å². The highest BCUT2D eigenvalue weighted by Gasteiger charge is 2.12. The normalized spacial score (nSPS) is 12.1. The van der Waals surface area contributed by atoms with Crippen LogP contribution in [0.4, 0.5) is 0 Å². The van der Waals surface area contributed by atoms with Crippen LogP contribution < -0.4 is 16.0 Å². The second kappa shape index (κ2) is 7.76. The highest BCUT2D eigenvalue weighted by atomic mass is 16.5. The van der Waals surface area contributed by atoms with E-state index in [9.17, 15) is 0 Å². The Hall–Kier alpha value is -1.91. The number of nitrogens with two attached hydrogens (primary N) is 1. The fourth-order valence-electron chi connectivity index (χ4n) is 2.36. The molecule has 0 spiro atoms. The first kappa shape index (κ1) is 15.5. The Morgan fingerprint density at radius 2 is 2.00 bits per heavy atom. The number of hydrogen-bond donors (Lipinski definition) is 2. The van der Waals surface area contributed by atoms with Crippen molar-refractivity contribution in [3.05, 3.63) is 59.4 Å². The summed E-state index contributed by atoms with van der Waals surface area (Å²) >= 11 is 0. The number of aryl methyl sites for hydroxylation is 1. The molecule has 21 heavy (non-hydrogen) atoms. The molecule has 4 heteroatoms. The molecule has 1 aromatic heterocycles. The van der Waals surface area contributed by atoms with Crippen LogP contribution in [-0.4, -0.2) is 18.1 Å². The Labute approximate surface area is 126 Å². The molecule has 0 bridgehead atoms. The minimum Gasteiger partial charge on any atom is -0.496 e. The summed E-state index contributed by atoms with van der Waals surface area (Å²) in [4.78, 5) is 4.49. The average molecular weight is 285 g/mol. The van der Waals surface area contributed by atoms with Gasteiger partial charge in [-0.25, -0.2) is 0 Å². The number of methoxy groups -OCH3 is 1. The van der Waals surface area contributed by atoms with Crippen molar-refractivity contribution in [3.63, 3.8) is 0 Å². The first-order valence-electron chi connectivity index (χ1n) is 7.28. The zero-order valence-electron chi connectivity index (χ0n) is 12.7. The van der Waals surface area contributed by atoms with Gasteiger partial charge in [-0.15, -0.1) is 0 Å². The van der Waals surface area contributed by atoms with E-state index in [1.54, 1.807) is 7.11 Å². The molecule has 1 atom stereocenters. The minimum absolute atomic E-state index is 0.126. The molecule has 4 nitrogen and oxygen atoms in total. The molecule has 0 aliphatic rings. The molecule has 2 rings (SSSR count). The van der Waals surface area contributed by atoms with Gasteiger partial charge >= 0.3 is 0 Å². The van der Waals surface area contributed by atoms with Crippen LogP contribution in [-0.2, 0) is 19.3 Å². The SMILES string of the molecule is CCc1ccc(CC(Cc2ccccc2OC)NN)nc1. The number of aromatic nitrogens is 1. The molecule has 0 radical (unpaired) electrons. The maximum absolute atomic E-state index is 5.70. The second-order valence-electron chi connectivity index (χ2n) is 5.10. The van der Waals surface area contributed by atoms with Crippen molar-refractivity contribution in [1.29, 1.82) is 0 Å². The van der Waals surface area contributed by atoms with Crippen LogP contribution in [0.1, 0.15) is 23.7 Å². The molecule has 0 aliphatic carbocycles. The summed E-state index contributed by atoms with van der Waals surface area (Å²) in [7, 11) is 1.69. The number of ether oxygens (including phenoxy) is 1. The zero-order valence-corrected chi connectivity index (χ0v) is 12.7. The molecule has 1 aromatic carbocycles. The van der Waals surface area contributed by atoms with Gasteiger partial charge in [0.15, 0.2) is 0 Å². The Balaban J connectivity index is 2.05. The van der Waals surface area contributed by atoms with Gasteiger partial charge in [-0.2, -0.15) is 0 Å². The summed E-state index contributed by atoms with van der Waals surface area (Å²) in [5.41, 5.74) is 6.33. The molecule has 0 fully saturated rings. The third kappa shape index (κ3) is 4.28.